The van der Waals surface area contributed by atoms with Gasteiger partial charge in [-0.1, -0.05) is 11.3 Å². The summed E-state index contributed by atoms with van der Waals surface area (Å²) in [6, 6.07) is -0.310. The number of aliphatic carboxylic acids is 1. The molecule has 1 aromatic rings. The third-order valence-electron chi connectivity index (χ3n) is 2.57. The van der Waals surface area contributed by atoms with Crippen molar-refractivity contribution in [2.75, 3.05) is 25.0 Å². The molecule has 0 spiro atoms. The van der Waals surface area contributed by atoms with E-state index in [0.717, 1.165) is 5.01 Å². The highest BCUT2D eigenvalue weighted by molar-refractivity contribution is 7.15. The van der Waals surface area contributed by atoms with Crippen molar-refractivity contribution in [3.63, 3.8) is 0 Å². The van der Waals surface area contributed by atoms with Crippen LogP contribution in [0, 0.1) is 6.92 Å². The Bertz CT molecular complexity index is 478. The maximum Gasteiger partial charge on any atom is 0.323 e. The molecule has 1 atom stereocenters. The molecule has 104 valence electrons. The van der Waals surface area contributed by atoms with Crippen molar-refractivity contribution in [2.24, 2.45) is 0 Å². The Balaban J connectivity index is 1.89. The van der Waals surface area contributed by atoms with Crippen molar-refractivity contribution < 1.29 is 19.4 Å². The maximum absolute atomic E-state index is 12.0. The zero-order valence-corrected chi connectivity index (χ0v) is 11.1. The van der Waals surface area contributed by atoms with E-state index in [2.05, 4.69) is 15.5 Å². The molecule has 1 unspecified atom stereocenters. The SMILES string of the molecule is Cc1nnc(NC(=O)N2CCOC(CC(=O)O)C2)s1. The minimum atomic E-state index is -0.938. The minimum Gasteiger partial charge on any atom is -0.481 e. The van der Waals surface area contributed by atoms with E-state index in [-0.39, 0.29) is 19.0 Å². The van der Waals surface area contributed by atoms with E-state index in [4.69, 9.17) is 9.84 Å². The summed E-state index contributed by atoms with van der Waals surface area (Å²) in [5.74, 6) is -0.938. The summed E-state index contributed by atoms with van der Waals surface area (Å²) in [6.07, 6.45) is -0.574. The molecule has 0 radical (unpaired) electrons. The molecule has 0 aliphatic carbocycles. The second-order valence-electron chi connectivity index (χ2n) is 4.09. The Morgan fingerprint density at radius 1 is 1.58 bits per heavy atom. The van der Waals surface area contributed by atoms with Crippen molar-refractivity contribution in [1.82, 2.24) is 15.1 Å². The smallest absolute Gasteiger partial charge is 0.323 e. The molecule has 1 fully saturated rings. The Morgan fingerprint density at radius 2 is 2.37 bits per heavy atom. The van der Waals surface area contributed by atoms with Gasteiger partial charge in [0.05, 0.1) is 19.1 Å². The number of carboxylic acids is 1. The molecule has 0 bridgehead atoms. The molecule has 0 saturated carbocycles. The topological polar surface area (TPSA) is 105 Å². The molecule has 9 heteroatoms. The summed E-state index contributed by atoms with van der Waals surface area (Å²) in [4.78, 5) is 24.1. The third kappa shape index (κ3) is 3.86. The molecule has 1 saturated heterocycles. The van der Waals surface area contributed by atoms with Gasteiger partial charge in [0.2, 0.25) is 5.13 Å². The fraction of sp³-hybridized carbons (Fsp3) is 0.600. The number of nitrogens with one attached hydrogen (secondary N) is 1. The number of morpholine rings is 1. The lowest BCUT2D eigenvalue weighted by atomic mass is 10.2. The molecule has 2 N–H and O–H groups in total. The number of anilines is 1. The molecule has 2 rings (SSSR count). The molecule has 1 aromatic heterocycles. The van der Waals surface area contributed by atoms with E-state index in [1.165, 1.54) is 16.2 Å². The van der Waals surface area contributed by atoms with Crippen molar-refractivity contribution >= 4 is 28.5 Å². The van der Waals surface area contributed by atoms with Gasteiger partial charge in [-0.15, -0.1) is 10.2 Å². The number of carbonyl (C=O) groups excluding carboxylic acids is 1. The standard InChI is InChI=1S/C10H14N4O4S/c1-6-12-13-9(19-6)11-10(17)14-2-3-18-7(5-14)4-8(15)16/h7H,2-5H2,1H3,(H,15,16)(H,11,13,17). The van der Waals surface area contributed by atoms with E-state index in [1.54, 1.807) is 6.92 Å². The number of carbonyl (C=O) groups is 2. The molecular weight excluding hydrogens is 272 g/mol. The van der Waals surface area contributed by atoms with Crippen LogP contribution in [0.5, 0.6) is 0 Å². The van der Waals surface area contributed by atoms with Crippen molar-refractivity contribution in [3.8, 4) is 0 Å². The number of nitrogens with zero attached hydrogens (tertiary/aromatic N) is 3. The van der Waals surface area contributed by atoms with E-state index < -0.39 is 12.1 Å². The van der Waals surface area contributed by atoms with Crippen LogP contribution in [0.25, 0.3) is 0 Å². The summed E-state index contributed by atoms with van der Waals surface area (Å²) in [5.41, 5.74) is 0. The van der Waals surface area contributed by atoms with Gasteiger partial charge >= 0.3 is 12.0 Å². The van der Waals surface area contributed by atoms with Gasteiger partial charge in [0.25, 0.3) is 0 Å². The van der Waals surface area contributed by atoms with E-state index in [0.29, 0.717) is 18.3 Å². The molecule has 19 heavy (non-hydrogen) atoms. The predicted molar refractivity (Wildman–Crippen MR) is 67.2 cm³/mol. The lowest BCUT2D eigenvalue weighted by Gasteiger charge is -2.31. The first-order chi connectivity index (χ1) is 9.04. The first-order valence-electron chi connectivity index (χ1n) is 5.74. The van der Waals surface area contributed by atoms with Gasteiger partial charge in [-0.2, -0.15) is 0 Å². The number of carboxylic acid groups (broad SMARTS) is 1. The lowest BCUT2D eigenvalue weighted by molar-refractivity contribution is -0.141. The molecule has 2 amide bonds. The Kier molecular flexibility index (Phi) is 4.27. The van der Waals surface area contributed by atoms with Crippen LogP contribution in [-0.2, 0) is 9.53 Å². The normalized spacial score (nSPS) is 19.2. The van der Waals surface area contributed by atoms with Gasteiger partial charge in [-0.05, 0) is 6.92 Å². The molecule has 8 nitrogen and oxygen atoms in total. The fourth-order valence-electron chi connectivity index (χ4n) is 1.74. The quantitative estimate of drug-likeness (QED) is 0.841. The van der Waals surface area contributed by atoms with Crippen LogP contribution in [0.1, 0.15) is 11.4 Å². The highest BCUT2D eigenvalue weighted by Gasteiger charge is 2.26. The maximum atomic E-state index is 12.0. The number of ether oxygens (including phenoxy) is 1. The van der Waals surface area contributed by atoms with Gasteiger partial charge in [0, 0.05) is 13.1 Å². The van der Waals surface area contributed by atoms with Crippen LogP contribution < -0.4 is 5.32 Å². The second kappa shape index (κ2) is 5.93. The van der Waals surface area contributed by atoms with E-state index in [1.807, 2.05) is 0 Å². The van der Waals surface area contributed by atoms with Gasteiger partial charge in [0.1, 0.15) is 5.01 Å². The van der Waals surface area contributed by atoms with Crippen LogP contribution >= 0.6 is 11.3 Å². The van der Waals surface area contributed by atoms with Gasteiger partial charge in [-0.25, -0.2) is 4.79 Å². The van der Waals surface area contributed by atoms with Crippen molar-refractivity contribution in [1.29, 1.82) is 0 Å². The fourth-order valence-corrected chi connectivity index (χ4v) is 2.32. The van der Waals surface area contributed by atoms with Crippen LogP contribution in [-0.4, -0.2) is 58.0 Å². The van der Waals surface area contributed by atoms with Crippen LogP contribution in [0.15, 0.2) is 0 Å². The number of rotatable bonds is 3. The molecule has 1 aliphatic heterocycles. The summed E-state index contributed by atoms with van der Waals surface area (Å²) < 4.78 is 5.30. The number of amides is 2. The van der Waals surface area contributed by atoms with Crippen molar-refractivity contribution in [2.45, 2.75) is 19.4 Å². The predicted octanol–water partition coefficient (Wildman–Crippen LogP) is 0.554. The Hall–Kier alpha value is -1.74. The second-order valence-corrected chi connectivity index (χ2v) is 5.27. The van der Waals surface area contributed by atoms with E-state index >= 15 is 0 Å². The highest BCUT2D eigenvalue weighted by atomic mass is 32.1. The van der Waals surface area contributed by atoms with Crippen LogP contribution in [0.4, 0.5) is 9.93 Å². The summed E-state index contributed by atoms with van der Waals surface area (Å²) in [5, 5.41) is 20.2. The zero-order valence-electron chi connectivity index (χ0n) is 10.3. The molecular formula is C10H14N4O4S. The van der Waals surface area contributed by atoms with Gasteiger partial charge < -0.3 is 14.7 Å². The molecule has 0 aromatic carbocycles. The average Bonchev–Trinajstić information content (AvgIpc) is 2.74. The number of hydrogen-bond donors (Lipinski definition) is 2. The van der Waals surface area contributed by atoms with Crippen LogP contribution in [0.3, 0.4) is 0 Å². The van der Waals surface area contributed by atoms with Crippen molar-refractivity contribution in [3.05, 3.63) is 5.01 Å². The monoisotopic (exact) mass is 286 g/mol. The van der Waals surface area contributed by atoms with Crippen LogP contribution in [0.2, 0.25) is 0 Å². The summed E-state index contributed by atoms with van der Waals surface area (Å²) >= 11 is 1.29. The highest BCUT2D eigenvalue weighted by Crippen LogP contribution is 2.15. The largest absolute Gasteiger partial charge is 0.481 e. The lowest BCUT2D eigenvalue weighted by Crippen LogP contribution is -2.47. The van der Waals surface area contributed by atoms with Gasteiger partial charge in [0.15, 0.2) is 0 Å². The number of aromatic nitrogens is 2. The number of aryl methyl sites for hydroxylation is 1. The summed E-state index contributed by atoms with van der Waals surface area (Å²) in [6.45, 7) is 2.82. The first-order valence-corrected chi connectivity index (χ1v) is 6.55. The zero-order chi connectivity index (χ0) is 13.8. The third-order valence-corrected chi connectivity index (χ3v) is 3.32. The average molecular weight is 286 g/mol. The Morgan fingerprint density at radius 3 is 3.00 bits per heavy atom. The molecule has 1 aliphatic rings. The minimum absolute atomic E-state index is 0.109. The first kappa shape index (κ1) is 13.7. The number of urea groups is 1. The van der Waals surface area contributed by atoms with E-state index in [9.17, 15) is 9.59 Å². The van der Waals surface area contributed by atoms with Gasteiger partial charge in [-0.3, -0.25) is 10.1 Å². The molecule has 2 heterocycles. The Labute approximate surface area is 113 Å². The number of hydrogen-bond acceptors (Lipinski definition) is 6. The summed E-state index contributed by atoms with van der Waals surface area (Å²) in [7, 11) is 0.